The Balaban J connectivity index is 1.54. The topological polar surface area (TPSA) is 96.3 Å². The molecule has 0 saturated heterocycles. The van der Waals surface area contributed by atoms with Gasteiger partial charge < -0.3 is 20.4 Å². The molecule has 3 aromatic rings. The Morgan fingerprint density at radius 1 is 1.03 bits per heavy atom. The van der Waals surface area contributed by atoms with Gasteiger partial charge in [0.1, 0.15) is 12.3 Å². The predicted octanol–water partition coefficient (Wildman–Crippen LogP) is 5.07. The molecule has 0 radical (unpaired) electrons. The van der Waals surface area contributed by atoms with E-state index in [0.29, 0.717) is 17.5 Å². The van der Waals surface area contributed by atoms with Crippen LogP contribution in [-0.4, -0.2) is 16.9 Å². The van der Waals surface area contributed by atoms with Gasteiger partial charge in [-0.1, -0.05) is 44.2 Å². The average Bonchev–Trinajstić information content (AvgIpc) is 3.25. The number of rotatable bonds is 8. The first-order valence-electron chi connectivity index (χ1n) is 10.3. The highest BCUT2D eigenvalue weighted by molar-refractivity contribution is 6.00. The van der Waals surface area contributed by atoms with Gasteiger partial charge in [0.2, 0.25) is 11.8 Å². The van der Waals surface area contributed by atoms with Crippen molar-refractivity contribution in [1.29, 1.82) is 0 Å². The third kappa shape index (κ3) is 6.70. The lowest BCUT2D eigenvalue weighted by Crippen LogP contribution is -2.31. The minimum atomic E-state index is -0.317. The number of carbonyl (C=O) groups excluding carboxylic acids is 2. The van der Waals surface area contributed by atoms with Crippen molar-refractivity contribution in [2.45, 2.75) is 39.7 Å². The molecule has 0 bridgehead atoms. The summed E-state index contributed by atoms with van der Waals surface area (Å²) in [5.41, 5.74) is 3.24. The fraction of sp³-hybridized carbons (Fsp3) is 0.292. The van der Waals surface area contributed by atoms with Gasteiger partial charge in [0.25, 0.3) is 0 Å². The molecule has 0 aliphatic heterocycles. The lowest BCUT2D eigenvalue weighted by Gasteiger charge is -2.17. The summed E-state index contributed by atoms with van der Waals surface area (Å²) in [6, 6.07) is 14.2. The first-order chi connectivity index (χ1) is 14.9. The SMILES string of the molecule is Cc1ccccc1NC(=O)Nc1ccc(CC(=O)NC(CC(C)C)c2ncco2)cc1. The van der Waals surface area contributed by atoms with Crippen LogP contribution in [0.15, 0.2) is 65.4 Å². The van der Waals surface area contributed by atoms with E-state index in [9.17, 15) is 9.59 Å². The molecule has 3 amide bonds. The van der Waals surface area contributed by atoms with Crippen molar-refractivity contribution in [2.24, 2.45) is 5.92 Å². The van der Waals surface area contributed by atoms with E-state index < -0.39 is 0 Å². The first kappa shape index (κ1) is 22.1. The molecular weight excluding hydrogens is 392 g/mol. The van der Waals surface area contributed by atoms with Crippen LogP contribution in [0.2, 0.25) is 0 Å². The molecule has 1 atom stereocenters. The molecule has 1 unspecified atom stereocenters. The molecule has 1 heterocycles. The average molecular weight is 421 g/mol. The van der Waals surface area contributed by atoms with Crippen LogP contribution in [0.4, 0.5) is 16.2 Å². The smallest absolute Gasteiger partial charge is 0.323 e. The Kier molecular flexibility index (Phi) is 7.43. The first-order valence-corrected chi connectivity index (χ1v) is 10.3. The van der Waals surface area contributed by atoms with E-state index >= 15 is 0 Å². The number of amides is 3. The second-order valence-electron chi connectivity index (χ2n) is 7.89. The van der Waals surface area contributed by atoms with Gasteiger partial charge in [-0.3, -0.25) is 4.79 Å². The number of hydrogen-bond acceptors (Lipinski definition) is 4. The summed E-state index contributed by atoms with van der Waals surface area (Å²) in [6.45, 7) is 6.11. The summed E-state index contributed by atoms with van der Waals surface area (Å²) in [5, 5.41) is 8.63. The summed E-state index contributed by atoms with van der Waals surface area (Å²) in [7, 11) is 0. The van der Waals surface area contributed by atoms with Crippen molar-refractivity contribution < 1.29 is 14.0 Å². The standard InChI is InChI=1S/C24H28N4O3/c1-16(2)14-21(23-25-12-13-31-23)27-22(29)15-18-8-10-19(11-9-18)26-24(30)28-20-7-5-4-6-17(20)3/h4-13,16,21H,14-15H2,1-3H3,(H,27,29)(H2,26,28,30). The maximum atomic E-state index is 12.5. The molecule has 7 heteroatoms. The third-order valence-electron chi connectivity index (χ3n) is 4.76. The normalized spacial score (nSPS) is 11.7. The number of benzene rings is 2. The van der Waals surface area contributed by atoms with Crippen molar-refractivity contribution in [3.63, 3.8) is 0 Å². The molecule has 2 aromatic carbocycles. The molecule has 0 aliphatic rings. The lowest BCUT2D eigenvalue weighted by atomic mass is 10.0. The highest BCUT2D eigenvalue weighted by Gasteiger charge is 2.20. The fourth-order valence-electron chi connectivity index (χ4n) is 3.23. The molecule has 162 valence electrons. The molecule has 3 rings (SSSR count). The number of para-hydroxylation sites is 1. The van der Waals surface area contributed by atoms with E-state index in [0.717, 1.165) is 23.2 Å². The van der Waals surface area contributed by atoms with Crippen LogP contribution in [-0.2, 0) is 11.2 Å². The zero-order valence-electron chi connectivity index (χ0n) is 18.0. The third-order valence-corrected chi connectivity index (χ3v) is 4.76. The molecule has 0 fully saturated rings. The minimum Gasteiger partial charge on any atom is -0.447 e. The van der Waals surface area contributed by atoms with Crippen molar-refractivity contribution >= 4 is 23.3 Å². The van der Waals surface area contributed by atoms with Crippen LogP contribution >= 0.6 is 0 Å². The molecule has 3 N–H and O–H groups in total. The summed E-state index contributed by atoms with van der Waals surface area (Å²) < 4.78 is 5.38. The Bertz CT molecular complexity index is 998. The molecule has 1 aromatic heterocycles. The van der Waals surface area contributed by atoms with Crippen LogP contribution in [0, 0.1) is 12.8 Å². The van der Waals surface area contributed by atoms with Gasteiger partial charge in [-0.15, -0.1) is 0 Å². The number of urea groups is 1. The molecule has 0 aliphatic carbocycles. The number of aryl methyl sites for hydroxylation is 1. The number of oxazole rings is 1. The monoisotopic (exact) mass is 420 g/mol. The molecule has 0 saturated carbocycles. The van der Waals surface area contributed by atoms with Gasteiger partial charge in [0, 0.05) is 11.4 Å². The molecule has 7 nitrogen and oxygen atoms in total. The van der Waals surface area contributed by atoms with Crippen molar-refractivity contribution in [3.05, 3.63) is 78.0 Å². The largest absolute Gasteiger partial charge is 0.447 e. The Morgan fingerprint density at radius 2 is 1.77 bits per heavy atom. The van der Waals surface area contributed by atoms with Gasteiger partial charge in [0.15, 0.2) is 0 Å². The van der Waals surface area contributed by atoms with Gasteiger partial charge >= 0.3 is 6.03 Å². The minimum absolute atomic E-state index is 0.109. The maximum Gasteiger partial charge on any atom is 0.323 e. The lowest BCUT2D eigenvalue weighted by molar-refractivity contribution is -0.121. The van der Waals surface area contributed by atoms with Gasteiger partial charge in [-0.05, 0) is 48.6 Å². The van der Waals surface area contributed by atoms with E-state index in [1.165, 1.54) is 6.26 Å². The van der Waals surface area contributed by atoms with E-state index in [2.05, 4.69) is 34.8 Å². The van der Waals surface area contributed by atoms with E-state index in [1.807, 2.05) is 43.3 Å². The second kappa shape index (κ2) is 10.4. The zero-order chi connectivity index (χ0) is 22.2. The molecular formula is C24H28N4O3. The fourth-order valence-corrected chi connectivity index (χ4v) is 3.23. The van der Waals surface area contributed by atoms with E-state index in [4.69, 9.17) is 4.42 Å². The Labute approximate surface area is 182 Å². The van der Waals surface area contributed by atoms with Crippen molar-refractivity contribution in [2.75, 3.05) is 10.6 Å². The van der Waals surface area contributed by atoms with Crippen LogP contribution in [0.5, 0.6) is 0 Å². The van der Waals surface area contributed by atoms with E-state index in [1.54, 1.807) is 18.3 Å². The highest BCUT2D eigenvalue weighted by atomic mass is 16.3. The van der Waals surface area contributed by atoms with Crippen molar-refractivity contribution in [1.82, 2.24) is 10.3 Å². The van der Waals surface area contributed by atoms with Gasteiger partial charge in [-0.25, -0.2) is 9.78 Å². The molecule has 31 heavy (non-hydrogen) atoms. The number of nitrogens with zero attached hydrogens (tertiary/aromatic N) is 1. The number of hydrogen-bond donors (Lipinski definition) is 3. The highest BCUT2D eigenvalue weighted by Crippen LogP contribution is 2.20. The molecule has 0 spiro atoms. The number of anilines is 2. The summed E-state index contributed by atoms with van der Waals surface area (Å²) >= 11 is 0. The zero-order valence-corrected chi connectivity index (χ0v) is 18.0. The predicted molar refractivity (Wildman–Crippen MR) is 121 cm³/mol. The number of nitrogens with one attached hydrogen (secondary N) is 3. The van der Waals surface area contributed by atoms with Crippen LogP contribution < -0.4 is 16.0 Å². The summed E-state index contributed by atoms with van der Waals surface area (Å²) in [4.78, 5) is 28.9. The Morgan fingerprint density at radius 3 is 2.42 bits per heavy atom. The summed E-state index contributed by atoms with van der Waals surface area (Å²) in [5.74, 6) is 0.788. The van der Waals surface area contributed by atoms with Crippen LogP contribution in [0.25, 0.3) is 0 Å². The number of carbonyl (C=O) groups is 2. The summed E-state index contributed by atoms with van der Waals surface area (Å²) in [6.07, 6.45) is 4.06. The second-order valence-corrected chi connectivity index (χ2v) is 7.89. The van der Waals surface area contributed by atoms with E-state index in [-0.39, 0.29) is 24.4 Å². The maximum absolute atomic E-state index is 12.5. The Hall–Kier alpha value is -3.61. The number of aromatic nitrogens is 1. The van der Waals surface area contributed by atoms with Gasteiger partial charge in [-0.2, -0.15) is 0 Å². The van der Waals surface area contributed by atoms with Crippen LogP contribution in [0.1, 0.15) is 43.3 Å². The quantitative estimate of drug-likeness (QED) is 0.474. The van der Waals surface area contributed by atoms with Crippen molar-refractivity contribution in [3.8, 4) is 0 Å². The van der Waals surface area contributed by atoms with Crippen LogP contribution in [0.3, 0.4) is 0 Å². The van der Waals surface area contributed by atoms with Gasteiger partial charge in [0.05, 0.1) is 12.6 Å².